The molecule has 2 rings (SSSR count). The SMILES string of the molecule is CC.CC(=O)c1c(N)ccc2c1NCCC2. The Hall–Kier alpha value is -1.51. The molecule has 0 amide bonds. The highest BCUT2D eigenvalue weighted by Crippen LogP contribution is 2.30. The number of anilines is 2. The molecule has 3 nitrogen and oxygen atoms in total. The number of nitrogen functional groups attached to an aromatic ring is 1. The van der Waals surface area contributed by atoms with E-state index in [0.717, 1.165) is 25.1 Å². The highest BCUT2D eigenvalue weighted by molar-refractivity contribution is 6.05. The molecule has 1 heterocycles. The fraction of sp³-hybridized carbons (Fsp3) is 0.462. The second-order valence-electron chi connectivity index (χ2n) is 3.65. The highest BCUT2D eigenvalue weighted by Gasteiger charge is 2.17. The number of Topliss-reactive ketones (excluding diaryl/α,β-unsaturated/α-hetero) is 1. The third-order valence-corrected chi connectivity index (χ3v) is 2.60. The fourth-order valence-corrected chi connectivity index (χ4v) is 1.94. The zero-order valence-corrected chi connectivity index (χ0v) is 10.3. The maximum Gasteiger partial charge on any atom is 0.163 e. The number of rotatable bonds is 1. The van der Waals surface area contributed by atoms with Gasteiger partial charge in [0.1, 0.15) is 0 Å². The Labute approximate surface area is 97.0 Å². The van der Waals surface area contributed by atoms with Gasteiger partial charge in [-0.25, -0.2) is 0 Å². The molecule has 0 spiro atoms. The van der Waals surface area contributed by atoms with Crippen LogP contribution in [0.3, 0.4) is 0 Å². The topological polar surface area (TPSA) is 55.1 Å². The van der Waals surface area contributed by atoms with Crippen molar-refractivity contribution in [2.24, 2.45) is 0 Å². The van der Waals surface area contributed by atoms with Gasteiger partial charge in [0, 0.05) is 12.2 Å². The van der Waals surface area contributed by atoms with E-state index in [9.17, 15) is 4.79 Å². The van der Waals surface area contributed by atoms with Gasteiger partial charge in [-0.1, -0.05) is 19.9 Å². The summed E-state index contributed by atoms with van der Waals surface area (Å²) in [5.74, 6) is 0.0359. The van der Waals surface area contributed by atoms with Crippen LogP contribution in [0.4, 0.5) is 11.4 Å². The maximum absolute atomic E-state index is 11.4. The van der Waals surface area contributed by atoms with Crippen molar-refractivity contribution in [1.82, 2.24) is 0 Å². The quantitative estimate of drug-likeness (QED) is 0.565. The third kappa shape index (κ3) is 2.35. The van der Waals surface area contributed by atoms with E-state index in [1.54, 1.807) is 6.92 Å². The molecule has 0 atom stereocenters. The Kier molecular flexibility index (Phi) is 4.35. The van der Waals surface area contributed by atoms with Gasteiger partial charge in [0.25, 0.3) is 0 Å². The number of fused-ring (bicyclic) bond motifs is 1. The maximum atomic E-state index is 11.4. The molecule has 0 saturated heterocycles. The molecule has 88 valence electrons. The number of hydrogen-bond donors (Lipinski definition) is 2. The first kappa shape index (κ1) is 12.6. The van der Waals surface area contributed by atoms with E-state index < -0.39 is 0 Å². The summed E-state index contributed by atoms with van der Waals surface area (Å²) in [7, 11) is 0. The molecule has 3 N–H and O–H groups in total. The van der Waals surface area contributed by atoms with Crippen LogP contribution in [-0.4, -0.2) is 12.3 Å². The molecule has 0 aliphatic carbocycles. The zero-order valence-electron chi connectivity index (χ0n) is 10.3. The van der Waals surface area contributed by atoms with Gasteiger partial charge in [-0.05, 0) is 31.4 Å². The average molecular weight is 220 g/mol. The van der Waals surface area contributed by atoms with Crippen LogP contribution in [0.25, 0.3) is 0 Å². The van der Waals surface area contributed by atoms with E-state index in [-0.39, 0.29) is 5.78 Å². The van der Waals surface area contributed by atoms with Crippen molar-refractivity contribution < 1.29 is 4.79 Å². The molecule has 0 fully saturated rings. The Morgan fingerprint density at radius 1 is 1.38 bits per heavy atom. The average Bonchev–Trinajstić information content (AvgIpc) is 2.31. The lowest BCUT2D eigenvalue weighted by Gasteiger charge is -2.21. The smallest absolute Gasteiger partial charge is 0.163 e. The summed E-state index contributed by atoms with van der Waals surface area (Å²) < 4.78 is 0. The van der Waals surface area contributed by atoms with Crippen molar-refractivity contribution in [2.45, 2.75) is 33.6 Å². The van der Waals surface area contributed by atoms with Crippen LogP contribution in [0.2, 0.25) is 0 Å². The van der Waals surface area contributed by atoms with Crippen molar-refractivity contribution >= 4 is 17.2 Å². The van der Waals surface area contributed by atoms with Gasteiger partial charge in [-0.15, -0.1) is 0 Å². The number of hydrogen-bond acceptors (Lipinski definition) is 3. The summed E-state index contributed by atoms with van der Waals surface area (Å²) in [5.41, 5.74) is 9.17. The second kappa shape index (κ2) is 5.54. The van der Waals surface area contributed by atoms with Gasteiger partial charge in [0.2, 0.25) is 0 Å². The summed E-state index contributed by atoms with van der Waals surface area (Å²) in [6.45, 7) is 6.49. The van der Waals surface area contributed by atoms with Crippen LogP contribution >= 0.6 is 0 Å². The number of carbonyl (C=O) groups is 1. The first-order valence-corrected chi connectivity index (χ1v) is 5.86. The van der Waals surface area contributed by atoms with Crippen LogP contribution in [0, 0.1) is 0 Å². The number of nitrogens with two attached hydrogens (primary N) is 1. The Morgan fingerprint density at radius 2 is 2.06 bits per heavy atom. The molecule has 0 saturated carbocycles. The first-order valence-electron chi connectivity index (χ1n) is 5.86. The summed E-state index contributed by atoms with van der Waals surface area (Å²) in [6, 6.07) is 3.83. The minimum atomic E-state index is 0.0359. The van der Waals surface area contributed by atoms with Gasteiger partial charge in [-0.2, -0.15) is 0 Å². The third-order valence-electron chi connectivity index (χ3n) is 2.60. The summed E-state index contributed by atoms with van der Waals surface area (Å²) in [4.78, 5) is 11.4. The van der Waals surface area contributed by atoms with E-state index in [1.807, 2.05) is 26.0 Å². The lowest BCUT2D eigenvalue weighted by molar-refractivity contribution is 0.101. The van der Waals surface area contributed by atoms with E-state index in [4.69, 9.17) is 5.73 Å². The molecule has 1 aliphatic rings. The van der Waals surface area contributed by atoms with Crippen LogP contribution in [0.15, 0.2) is 12.1 Å². The van der Waals surface area contributed by atoms with E-state index in [0.29, 0.717) is 11.3 Å². The molecule has 0 bridgehead atoms. The number of benzene rings is 1. The fourth-order valence-electron chi connectivity index (χ4n) is 1.94. The second-order valence-corrected chi connectivity index (χ2v) is 3.65. The number of nitrogens with one attached hydrogen (secondary N) is 1. The number of ketones is 1. The summed E-state index contributed by atoms with van der Waals surface area (Å²) in [6.07, 6.45) is 2.15. The van der Waals surface area contributed by atoms with Crippen molar-refractivity contribution in [1.29, 1.82) is 0 Å². The molecule has 16 heavy (non-hydrogen) atoms. The lowest BCUT2D eigenvalue weighted by Crippen LogP contribution is -2.16. The molecule has 1 aliphatic heterocycles. The van der Waals surface area contributed by atoms with Crippen LogP contribution < -0.4 is 11.1 Å². The molecule has 0 radical (unpaired) electrons. The summed E-state index contributed by atoms with van der Waals surface area (Å²) in [5, 5.41) is 3.25. The van der Waals surface area contributed by atoms with E-state index in [2.05, 4.69) is 5.32 Å². The van der Waals surface area contributed by atoms with Gasteiger partial charge >= 0.3 is 0 Å². The van der Waals surface area contributed by atoms with E-state index >= 15 is 0 Å². The Bertz CT molecular complexity index is 386. The van der Waals surface area contributed by atoms with Gasteiger partial charge in [0.15, 0.2) is 5.78 Å². The molecular formula is C13H20N2O. The first-order chi connectivity index (χ1) is 7.70. The number of aryl methyl sites for hydroxylation is 1. The van der Waals surface area contributed by atoms with Crippen molar-refractivity contribution in [3.8, 4) is 0 Å². The van der Waals surface area contributed by atoms with Gasteiger partial charge < -0.3 is 11.1 Å². The Balaban J connectivity index is 0.000000606. The monoisotopic (exact) mass is 220 g/mol. The van der Waals surface area contributed by atoms with Gasteiger partial charge in [-0.3, -0.25) is 4.79 Å². The van der Waals surface area contributed by atoms with Crippen LogP contribution in [0.1, 0.15) is 43.1 Å². The normalized spacial score (nSPS) is 12.9. The van der Waals surface area contributed by atoms with E-state index in [1.165, 1.54) is 5.56 Å². The zero-order chi connectivity index (χ0) is 12.1. The molecular weight excluding hydrogens is 200 g/mol. The lowest BCUT2D eigenvalue weighted by atomic mass is 9.96. The molecule has 1 aromatic rings. The summed E-state index contributed by atoms with van der Waals surface area (Å²) >= 11 is 0. The standard InChI is InChI=1S/C11H14N2O.C2H6/c1-7(14)10-9(12)5-4-8-3-2-6-13-11(8)10;1-2/h4-5,13H,2-3,6,12H2,1H3;1-2H3. The Morgan fingerprint density at radius 3 is 2.69 bits per heavy atom. The molecule has 0 unspecified atom stereocenters. The number of carbonyl (C=O) groups excluding carboxylic acids is 1. The van der Waals surface area contributed by atoms with Crippen molar-refractivity contribution in [3.05, 3.63) is 23.3 Å². The van der Waals surface area contributed by atoms with Crippen molar-refractivity contribution in [3.63, 3.8) is 0 Å². The predicted molar refractivity (Wildman–Crippen MR) is 69.0 cm³/mol. The molecule has 1 aromatic carbocycles. The highest BCUT2D eigenvalue weighted by atomic mass is 16.1. The minimum Gasteiger partial charge on any atom is -0.398 e. The van der Waals surface area contributed by atoms with Crippen molar-refractivity contribution in [2.75, 3.05) is 17.6 Å². The van der Waals surface area contributed by atoms with Crippen LogP contribution in [-0.2, 0) is 6.42 Å². The largest absolute Gasteiger partial charge is 0.398 e. The predicted octanol–water partition coefficient (Wildman–Crippen LogP) is 2.86. The van der Waals surface area contributed by atoms with Gasteiger partial charge in [0.05, 0.1) is 11.3 Å². The van der Waals surface area contributed by atoms with Crippen LogP contribution in [0.5, 0.6) is 0 Å². The minimum absolute atomic E-state index is 0.0359. The molecule has 3 heteroatoms. The molecule has 0 aromatic heterocycles.